The van der Waals surface area contributed by atoms with Gasteiger partial charge in [0.05, 0.1) is 13.1 Å². The summed E-state index contributed by atoms with van der Waals surface area (Å²) in [5, 5.41) is 14.8. The van der Waals surface area contributed by atoms with Crippen LogP contribution < -0.4 is 0 Å². The van der Waals surface area contributed by atoms with E-state index in [4.69, 9.17) is 5.26 Å². The van der Waals surface area contributed by atoms with Crippen LogP contribution in [0.3, 0.4) is 0 Å². The first-order valence-corrected chi connectivity index (χ1v) is 6.50. The predicted molar refractivity (Wildman–Crippen MR) is 69.5 cm³/mol. The summed E-state index contributed by atoms with van der Waals surface area (Å²) in [7, 11) is 0. The van der Waals surface area contributed by atoms with Crippen molar-refractivity contribution in [3.63, 3.8) is 0 Å². The van der Waals surface area contributed by atoms with Gasteiger partial charge in [-0.1, -0.05) is 52.4 Å². The van der Waals surface area contributed by atoms with E-state index in [0.717, 1.165) is 13.1 Å². The fourth-order valence-electron chi connectivity index (χ4n) is 1.36. The van der Waals surface area contributed by atoms with Crippen molar-refractivity contribution in [1.82, 2.24) is 0 Å². The zero-order valence-corrected chi connectivity index (χ0v) is 11.0. The summed E-state index contributed by atoms with van der Waals surface area (Å²) in [5.74, 6) is 0. The van der Waals surface area contributed by atoms with Gasteiger partial charge in [0, 0.05) is 6.57 Å². The van der Waals surface area contributed by atoms with Crippen molar-refractivity contribution in [3.8, 4) is 6.57 Å². The zero-order valence-electron chi connectivity index (χ0n) is 11.0. The second kappa shape index (κ2) is 19.6. The third-order valence-corrected chi connectivity index (χ3v) is 2.32. The fourth-order valence-corrected chi connectivity index (χ4v) is 1.36. The van der Waals surface area contributed by atoms with Gasteiger partial charge in [-0.05, 0) is 12.8 Å². The lowest BCUT2D eigenvalue weighted by molar-refractivity contribution is 0.637. The number of unbranched alkanes of at least 4 members (excludes halogenated alkanes) is 6. The molecule has 0 rings (SSSR count). The van der Waals surface area contributed by atoms with Crippen LogP contribution in [-0.2, 0) is 0 Å². The average molecular weight is 225 g/mol. The number of nitriles is 1. The Hall–Kier alpha value is -0.910. The quantitative estimate of drug-likeness (QED) is 0.391. The number of azo groups is 1. The summed E-state index contributed by atoms with van der Waals surface area (Å²) < 4.78 is 0. The normalized spacial score (nSPS) is 10.0. The van der Waals surface area contributed by atoms with E-state index in [1.807, 2.05) is 0 Å². The minimum absolute atomic E-state index is 0.938. The Bertz CT molecular complexity index is 139. The molecule has 0 amide bonds. The maximum Gasteiger partial charge on any atom is 0.0598 e. The highest BCUT2D eigenvalue weighted by Crippen LogP contribution is 2.00. The first-order chi connectivity index (χ1) is 7.91. The van der Waals surface area contributed by atoms with Crippen LogP contribution >= 0.6 is 0 Å². The van der Waals surface area contributed by atoms with Crippen molar-refractivity contribution in [1.29, 1.82) is 5.26 Å². The van der Waals surface area contributed by atoms with Crippen LogP contribution in [0.1, 0.15) is 65.2 Å². The smallest absolute Gasteiger partial charge is 0.0598 e. The van der Waals surface area contributed by atoms with Crippen LogP contribution in [0.15, 0.2) is 10.2 Å². The number of nitrogens with zero attached hydrogens (tertiary/aromatic N) is 3. The van der Waals surface area contributed by atoms with Crippen LogP contribution in [0.2, 0.25) is 0 Å². The lowest BCUT2D eigenvalue weighted by atomic mass is 10.2. The van der Waals surface area contributed by atoms with Crippen LogP contribution in [0.25, 0.3) is 0 Å². The van der Waals surface area contributed by atoms with Gasteiger partial charge in [-0.2, -0.15) is 10.2 Å². The maximum absolute atomic E-state index is 6.50. The van der Waals surface area contributed by atoms with Gasteiger partial charge in [0.2, 0.25) is 0 Å². The Morgan fingerprint density at radius 1 is 0.688 bits per heavy atom. The highest BCUT2D eigenvalue weighted by Gasteiger charge is 1.87. The topological polar surface area (TPSA) is 48.5 Å². The van der Waals surface area contributed by atoms with Gasteiger partial charge in [0.1, 0.15) is 0 Å². The van der Waals surface area contributed by atoms with Crippen molar-refractivity contribution < 1.29 is 0 Å². The second-order valence-electron chi connectivity index (χ2n) is 3.85. The highest BCUT2D eigenvalue weighted by molar-refractivity contribution is 4.46. The second-order valence-corrected chi connectivity index (χ2v) is 3.85. The standard InChI is InChI=1S/C12H26N2.CHN/c1-3-5-7-9-11-13-14-12-10-8-6-4-2;1-2/h3-12H2,1-2H3;1H. The summed E-state index contributed by atoms with van der Waals surface area (Å²) in [5.41, 5.74) is 0. The van der Waals surface area contributed by atoms with Gasteiger partial charge in [0.25, 0.3) is 0 Å². The summed E-state index contributed by atoms with van der Waals surface area (Å²) in [6.45, 7) is 9.84. The molecule has 3 nitrogen and oxygen atoms in total. The lowest BCUT2D eigenvalue weighted by Gasteiger charge is -1.95. The Morgan fingerprint density at radius 2 is 1.06 bits per heavy atom. The van der Waals surface area contributed by atoms with E-state index < -0.39 is 0 Å². The Morgan fingerprint density at radius 3 is 1.38 bits per heavy atom. The molecule has 0 radical (unpaired) electrons. The van der Waals surface area contributed by atoms with E-state index in [1.54, 1.807) is 0 Å². The van der Waals surface area contributed by atoms with Gasteiger partial charge in [0.15, 0.2) is 0 Å². The van der Waals surface area contributed by atoms with E-state index in [1.165, 1.54) is 51.4 Å². The third kappa shape index (κ3) is 18.8. The van der Waals surface area contributed by atoms with Gasteiger partial charge in [-0.25, -0.2) is 5.26 Å². The Labute approximate surface area is 101 Å². The molecule has 0 N–H and O–H groups in total. The van der Waals surface area contributed by atoms with E-state index in [0.29, 0.717) is 0 Å². The molecule has 0 spiro atoms. The molecule has 0 aromatic carbocycles. The fraction of sp³-hybridized carbons (Fsp3) is 0.923. The molecule has 0 aliphatic rings. The minimum Gasteiger partial charge on any atom is -0.202 e. The summed E-state index contributed by atoms with van der Waals surface area (Å²) in [6, 6.07) is 0. The van der Waals surface area contributed by atoms with Crippen LogP contribution in [-0.4, -0.2) is 13.1 Å². The molecule has 0 unspecified atom stereocenters. The molecule has 0 saturated carbocycles. The van der Waals surface area contributed by atoms with Gasteiger partial charge >= 0.3 is 0 Å². The van der Waals surface area contributed by atoms with Crippen molar-refractivity contribution in [2.45, 2.75) is 65.2 Å². The Balaban J connectivity index is 0. The van der Waals surface area contributed by atoms with Crippen molar-refractivity contribution in [2.75, 3.05) is 13.1 Å². The maximum atomic E-state index is 6.50. The third-order valence-electron chi connectivity index (χ3n) is 2.32. The summed E-state index contributed by atoms with van der Waals surface area (Å²) in [4.78, 5) is 0. The summed E-state index contributed by atoms with van der Waals surface area (Å²) >= 11 is 0. The predicted octanol–water partition coefficient (Wildman–Crippen LogP) is 4.74. The number of hydrogen-bond acceptors (Lipinski definition) is 3. The van der Waals surface area contributed by atoms with Crippen LogP contribution in [0.4, 0.5) is 0 Å². The van der Waals surface area contributed by atoms with E-state index >= 15 is 0 Å². The molecule has 94 valence electrons. The molecule has 0 aromatic heterocycles. The highest BCUT2D eigenvalue weighted by atomic mass is 15.1. The zero-order chi connectivity index (χ0) is 12.5. The van der Waals surface area contributed by atoms with Crippen molar-refractivity contribution in [3.05, 3.63) is 0 Å². The molecule has 0 atom stereocenters. The lowest BCUT2D eigenvalue weighted by Crippen LogP contribution is -1.83. The van der Waals surface area contributed by atoms with Crippen LogP contribution in [0, 0.1) is 11.8 Å². The number of hydrogen-bond donors (Lipinski definition) is 0. The molecule has 3 heteroatoms. The molecular weight excluding hydrogens is 198 g/mol. The average Bonchev–Trinajstić information content (AvgIpc) is 2.34. The van der Waals surface area contributed by atoms with E-state index in [9.17, 15) is 0 Å². The number of rotatable bonds is 10. The van der Waals surface area contributed by atoms with Gasteiger partial charge in [-0.15, -0.1) is 0 Å². The minimum atomic E-state index is 0.938. The van der Waals surface area contributed by atoms with E-state index in [2.05, 4.69) is 30.6 Å². The molecule has 0 heterocycles. The van der Waals surface area contributed by atoms with Gasteiger partial charge in [-0.3, -0.25) is 0 Å². The molecular formula is C13H27N3. The largest absolute Gasteiger partial charge is 0.202 e. The molecule has 0 aliphatic heterocycles. The van der Waals surface area contributed by atoms with Gasteiger partial charge < -0.3 is 0 Å². The molecule has 16 heavy (non-hydrogen) atoms. The van der Waals surface area contributed by atoms with Crippen molar-refractivity contribution in [2.24, 2.45) is 10.2 Å². The molecule has 0 saturated heterocycles. The molecule has 0 aromatic rings. The summed E-state index contributed by atoms with van der Waals surface area (Å²) in [6.07, 6.45) is 10.3. The van der Waals surface area contributed by atoms with Crippen LogP contribution in [0.5, 0.6) is 0 Å². The first kappa shape index (κ1) is 17.5. The molecule has 0 bridgehead atoms. The first-order valence-electron chi connectivity index (χ1n) is 6.50. The molecule has 0 aliphatic carbocycles. The van der Waals surface area contributed by atoms with Crippen molar-refractivity contribution >= 4 is 0 Å². The van der Waals surface area contributed by atoms with E-state index in [-0.39, 0.29) is 0 Å². The Kier molecular flexibility index (Phi) is 21.5. The molecule has 0 fully saturated rings. The monoisotopic (exact) mass is 225 g/mol. The SMILES string of the molecule is C#N.CCCCCCN=NCCCCCC.